The van der Waals surface area contributed by atoms with E-state index < -0.39 is 0 Å². The number of nitrogens with one attached hydrogen (secondary N) is 2. The summed E-state index contributed by atoms with van der Waals surface area (Å²) < 4.78 is 7.00. The van der Waals surface area contributed by atoms with Gasteiger partial charge in [0.2, 0.25) is 5.88 Å². The summed E-state index contributed by atoms with van der Waals surface area (Å²) in [7, 11) is 3.47. The molecule has 0 saturated heterocycles. The van der Waals surface area contributed by atoms with Crippen LogP contribution < -0.4 is 20.3 Å². The second kappa shape index (κ2) is 12.3. The molecule has 0 unspecified atom stereocenters. The fourth-order valence-corrected chi connectivity index (χ4v) is 5.03. The predicted octanol–water partition coefficient (Wildman–Crippen LogP) is 4.90. The summed E-state index contributed by atoms with van der Waals surface area (Å²) in [5, 5.41) is 19.8. The van der Waals surface area contributed by atoms with E-state index in [1.807, 2.05) is 66.8 Å². The van der Waals surface area contributed by atoms with Crippen molar-refractivity contribution in [3.05, 3.63) is 84.4 Å². The first-order valence-corrected chi connectivity index (χ1v) is 13.3. The first kappa shape index (κ1) is 26.7. The van der Waals surface area contributed by atoms with Gasteiger partial charge in [0.05, 0.1) is 31.1 Å². The molecule has 204 valence electrons. The molecule has 1 aromatic carbocycles. The van der Waals surface area contributed by atoms with Crippen LogP contribution in [0.5, 0.6) is 5.88 Å². The molecule has 0 bridgehead atoms. The van der Waals surface area contributed by atoms with E-state index in [1.165, 1.54) is 0 Å². The minimum absolute atomic E-state index is 0.0366. The maximum absolute atomic E-state index is 13.7. The maximum Gasteiger partial charge on any atom is 0.322 e. The molecule has 0 aliphatic heterocycles. The zero-order chi connectivity index (χ0) is 27.9. The molecule has 0 atom stereocenters. The Labute approximate surface area is 233 Å². The van der Waals surface area contributed by atoms with Crippen molar-refractivity contribution in [2.75, 3.05) is 17.3 Å². The van der Waals surface area contributed by atoms with Crippen LogP contribution in [0.2, 0.25) is 0 Å². The lowest BCUT2D eigenvalue weighted by Gasteiger charge is -2.37. The van der Waals surface area contributed by atoms with Crippen LogP contribution >= 0.6 is 0 Å². The minimum atomic E-state index is -0.163. The van der Waals surface area contributed by atoms with E-state index >= 15 is 0 Å². The lowest BCUT2D eigenvalue weighted by Crippen LogP contribution is -2.48. The number of anilines is 2. The van der Waals surface area contributed by atoms with Crippen LogP contribution in [0, 0.1) is 11.3 Å². The van der Waals surface area contributed by atoms with Crippen molar-refractivity contribution in [2.45, 2.75) is 44.3 Å². The van der Waals surface area contributed by atoms with Crippen molar-refractivity contribution in [3.8, 4) is 23.1 Å². The minimum Gasteiger partial charge on any atom is -0.481 e. The number of carbonyl (C=O) groups is 1. The first-order chi connectivity index (χ1) is 19.5. The third-order valence-corrected chi connectivity index (χ3v) is 7.12. The SMILES string of the molecule is COc1cccc(CNC(=O)N(c2ccc(-c3cnn(C)c3)cc2)C2CCC(Nc3ccc(C#N)cn3)CC2)n1. The highest BCUT2D eigenvalue weighted by Gasteiger charge is 2.30. The quantitative estimate of drug-likeness (QED) is 0.329. The highest BCUT2D eigenvalue weighted by molar-refractivity contribution is 5.93. The highest BCUT2D eigenvalue weighted by Crippen LogP contribution is 2.31. The van der Waals surface area contributed by atoms with Gasteiger partial charge in [0.15, 0.2) is 0 Å². The molecule has 3 aromatic heterocycles. The van der Waals surface area contributed by atoms with E-state index in [1.54, 1.807) is 30.1 Å². The fraction of sp³-hybridized carbons (Fsp3) is 0.300. The summed E-state index contributed by atoms with van der Waals surface area (Å²) in [6.45, 7) is 0.293. The summed E-state index contributed by atoms with van der Waals surface area (Å²) >= 11 is 0. The Bertz CT molecular complexity index is 1470. The van der Waals surface area contributed by atoms with Gasteiger partial charge in [0, 0.05) is 48.8 Å². The van der Waals surface area contributed by atoms with Crippen LogP contribution in [0.1, 0.15) is 36.9 Å². The Morgan fingerprint density at radius 3 is 2.52 bits per heavy atom. The van der Waals surface area contributed by atoms with Gasteiger partial charge in [-0.3, -0.25) is 9.58 Å². The zero-order valence-electron chi connectivity index (χ0n) is 22.6. The molecule has 10 heteroatoms. The number of hydrogen-bond donors (Lipinski definition) is 2. The van der Waals surface area contributed by atoms with E-state index in [-0.39, 0.29) is 18.1 Å². The molecule has 40 heavy (non-hydrogen) atoms. The molecular formula is C30H32N8O2. The Kier molecular flexibility index (Phi) is 8.21. The van der Waals surface area contributed by atoms with E-state index in [4.69, 9.17) is 10.00 Å². The first-order valence-electron chi connectivity index (χ1n) is 13.3. The number of amides is 2. The molecule has 0 spiro atoms. The Morgan fingerprint density at radius 1 is 1.07 bits per heavy atom. The third kappa shape index (κ3) is 6.38. The molecule has 1 aliphatic rings. The van der Waals surface area contributed by atoms with Crippen LogP contribution in [-0.2, 0) is 13.6 Å². The van der Waals surface area contributed by atoms with Crippen molar-refractivity contribution in [1.29, 1.82) is 5.26 Å². The summed E-state index contributed by atoms with van der Waals surface area (Å²) in [4.78, 5) is 24.3. The molecular weight excluding hydrogens is 504 g/mol. The highest BCUT2D eigenvalue weighted by atomic mass is 16.5. The van der Waals surface area contributed by atoms with Gasteiger partial charge in [-0.2, -0.15) is 10.4 Å². The van der Waals surface area contributed by atoms with Gasteiger partial charge in [-0.05, 0) is 61.6 Å². The van der Waals surface area contributed by atoms with Crippen molar-refractivity contribution in [1.82, 2.24) is 25.1 Å². The molecule has 3 heterocycles. The maximum atomic E-state index is 13.7. The zero-order valence-corrected chi connectivity index (χ0v) is 22.6. The van der Waals surface area contributed by atoms with Crippen LogP contribution in [0.3, 0.4) is 0 Å². The number of urea groups is 1. The number of aromatic nitrogens is 4. The molecule has 2 amide bonds. The Morgan fingerprint density at radius 2 is 1.88 bits per heavy atom. The molecule has 1 aliphatic carbocycles. The average molecular weight is 537 g/mol. The van der Waals surface area contributed by atoms with Gasteiger partial charge in [0.25, 0.3) is 0 Å². The van der Waals surface area contributed by atoms with E-state index in [2.05, 4.69) is 31.8 Å². The molecule has 2 N–H and O–H groups in total. The van der Waals surface area contributed by atoms with Crippen molar-refractivity contribution < 1.29 is 9.53 Å². The smallest absolute Gasteiger partial charge is 0.322 e. The standard InChI is InChI=1S/C30H32N8O2/c1-37-20-23(18-34-37)22-7-11-26(12-8-22)38(30(39)33-19-25-4-3-5-29(36-25)40-2)27-13-9-24(10-14-27)35-28-15-6-21(16-31)17-32-28/h3-8,11-12,15,17-18,20,24,27H,9-10,13-14,19H2,1-2H3,(H,32,35)(H,33,39). The number of benzene rings is 1. The number of ether oxygens (including phenoxy) is 1. The van der Waals surface area contributed by atoms with Gasteiger partial charge in [0.1, 0.15) is 11.9 Å². The van der Waals surface area contributed by atoms with Gasteiger partial charge in [-0.1, -0.05) is 18.2 Å². The number of carbonyl (C=O) groups excluding carboxylic acids is 1. The van der Waals surface area contributed by atoms with Gasteiger partial charge >= 0.3 is 6.03 Å². The second-order valence-electron chi connectivity index (χ2n) is 9.84. The van der Waals surface area contributed by atoms with Crippen LogP contribution in [0.25, 0.3) is 11.1 Å². The monoisotopic (exact) mass is 536 g/mol. The van der Waals surface area contributed by atoms with Crippen LogP contribution in [0.4, 0.5) is 16.3 Å². The molecule has 10 nitrogen and oxygen atoms in total. The molecule has 0 radical (unpaired) electrons. The van der Waals surface area contributed by atoms with E-state index in [0.29, 0.717) is 18.0 Å². The van der Waals surface area contributed by atoms with Crippen molar-refractivity contribution in [2.24, 2.45) is 7.05 Å². The number of rotatable bonds is 8. The van der Waals surface area contributed by atoms with Gasteiger partial charge in [-0.25, -0.2) is 14.8 Å². The van der Waals surface area contributed by atoms with Gasteiger partial charge < -0.3 is 15.4 Å². The molecule has 5 rings (SSSR count). The van der Waals surface area contributed by atoms with E-state index in [0.717, 1.165) is 54.0 Å². The van der Waals surface area contributed by atoms with Crippen LogP contribution in [-0.4, -0.2) is 45.0 Å². The number of hydrogen-bond acceptors (Lipinski definition) is 7. The van der Waals surface area contributed by atoms with Gasteiger partial charge in [-0.15, -0.1) is 0 Å². The van der Waals surface area contributed by atoms with Crippen molar-refractivity contribution in [3.63, 3.8) is 0 Å². The normalized spacial score (nSPS) is 16.5. The number of methoxy groups -OCH3 is 1. The third-order valence-electron chi connectivity index (χ3n) is 7.12. The molecule has 4 aromatic rings. The summed E-state index contributed by atoms with van der Waals surface area (Å²) in [6.07, 6.45) is 8.83. The number of nitriles is 1. The summed E-state index contributed by atoms with van der Waals surface area (Å²) in [5.41, 5.74) is 4.17. The Hall–Kier alpha value is -4.91. The average Bonchev–Trinajstić information content (AvgIpc) is 3.44. The van der Waals surface area contributed by atoms with E-state index in [9.17, 15) is 4.79 Å². The summed E-state index contributed by atoms with van der Waals surface area (Å²) in [6, 6.07) is 19.4. The lowest BCUT2D eigenvalue weighted by atomic mass is 9.89. The number of aryl methyl sites for hydroxylation is 1. The molecule has 1 saturated carbocycles. The number of pyridine rings is 2. The lowest BCUT2D eigenvalue weighted by molar-refractivity contribution is 0.240. The van der Waals surface area contributed by atoms with Crippen LogP contribution in [0.15, 0.2) is 73.2 Å². The largest absolute Gasteiger partial charge is 0.481 e. The Balaban J connectivity index is 1.30. The molecule has 1 fully saturated rings. The van der Waals surface area contributed by atoms with Crippen molar-refractivity contribution >= 4 is 17.5 Å². The predicted molar refractivity (Wildman–Crippen MR) is 153 cm³/mol. The fourth-order valence-electron chi connectivity index (χ4n) is 5.03. The second-order valence-corrected chi connectivity index (χ2v) is 9.84. The summed E-state index contributed by atoms with van der Waals surface area (Å²) in [5.74, 6) is 1.27. The number of nitrogens with zero attached hydrogens (tertiary/aromatic N) is 6. The topological polar surface area (TPSA) is 121 Å².